The van der Waals surface area contributed by atoms with Crippen LogP contribution in [-0.4, -0.2) is 16.6 Å². The van der Waals surface area contributed by atoms with E-state index in [0.717, 1.165) is 15.5 Å². The second-order valence-electron chi connectivity index (χ2n) is 2.87. The first-order valence-electron chi connectivity index (χ1n) is 4.28. The van der Waals surface area contributed by atoms with Gasteiger partial charge in [-0.3, -0.25) is 0 Å². The number of nitrogens with zero attached hydrogens (tertiary/aromatic N) is 1. The van der Waals surface area contributed by atoms with E-state index in [-0.39, 0.29) is 0 Å². The van der Waals surface area contributed by atoms with Crippen molar-refractivity contribution < 1.29 is 4.74 Å². The summed E-state index contributed by atoms with van der Waals surface area (Å²) in [6, 6.07) is 4.24. The first kappa shape index (κ1) is 9.33. The third-order valence-electron chi connectivity index (χ3n) is 1.84. The minimum absolute atomic E-state index is 0.507. The zero-order chi connectivity index (χ0) is 10.1. The van der Waals surface area contributed by atoms with Crippen LogP contribution in [0.3, 0.4) is 0 Å². The highest BCUT2D eigenvalue weighted by Crippen LogP contribution is 2.26. The van der Waals surface area contributed by atoms with E-state index in [1.54, 1.807) is 0 Å². The van der Waals surface area contributed by atoms with Gasteiger partial charge in [0.2, 0.25) is 0 Å². The van der Waals surface area contributed by atoms with Crippen LogP contribution in [0, 0.1) is 0 Å². The number of fused-ring (bicyclic) bond motifs is 1. The van der Waals surface area contributed by atoms with E-state index in [1.165, 1.54) is 0 Å². The van der Waals surface area contributed by atoms with Crippen molar-refractivity contribution in [2.75, 3.05) is 12.3 Å². The molecule has 74 valence electrons. The molecule has 2 rings (SSSR count). The Labute approximate surface area is 89.6 Å². The Kier molecular flexibility index (Phi) is 2.33. The van der Waals surface area contributed by atoms with Gasteiger partial charge in [0, 0.05) is 4.47 Å². The number of halogens is 1. The summed E-state index contributed by atoms with van der Waals surface area (Å²) in [6.07, 6.45) is 0. The molecular weight excluding hydrogens is 246 g/mol. The molecule has 0 atom stereocenters. The molecular formula is C9H10BrN3O. The van der Waals surface area contributed by atoms with Crippen LogP contribution in [0.1, 0.15) is 6.92 Å². The van der Waals surface area contributed by atoms with Gasteiger partial charge >= 0.3 is 0 Å². The second kappa shape index (κ2) is 3.49. The van der Waals surface area contributed by atoms with E-state index in [9.17, 15) is 0 Å². The third-order valence-corrected chi connectivity index (χ3v) is 2.30. The van der Waals surface area contributed by atoms with Crippen LogP contribution in [0.5, 0.6) is 6.01 Å². The van der Waals surface area contributed by atoms with Crippen molar-refractivity contribution in [3.05, 3.63) is 16.6 Å². The first-order valence-corrected chi connectivity index (χ1v) is 5.07. The molecule has 0 saturated carbocycles. The molecule has 3 N–H and O–H groups in total. The van der Waals surface area contributed by atoms with Crippen LogP contribution in [0.15, 0.2) is 16.6 Å². The summed E-state index contributed by atoms with van der Waals surface area (Å²) >= 11 is 3.36. The molecule has 1 aromatic carbocycles. The number of aromatic nitrogens is 2. The summed E-state index contributed by atoms with van der Waals surface area (Å²) in [5, 5.41) is 0. The number of nitrogens with two attached hydrogens (primary N) is 1. The minimum Gasteiger partial charge on any atom is -0.465 e. The monoisotopic (exact) mass is 255 g/mol. The van der Waals surface area contributed by atoms with E-state index in [1.807, 2.05) is 19.1 Å². The molecule has 0 unspecified atom stereocenters. The number of ether oxygens (including phenoxy) is 1. The van der Waals surface area contributed by atoms with Crippen LogP contribution in [0.2, 0.25) is 0 Å². The normalized spacial score (nSPS) is 10.7. The first-order chi connectivity index (χ1) is 6.70. The molecule has 1 heterocycles. The maximum Gasteiger partial charge on any atom is 0.294 e. The van der Waals surface area contributed by atoms with E-state index < -0.39 is 0 Å². The zero-order valence-corrected chi connectivity index (χ0v) is 9.26. The molecule has 0 radical (unpaired) electrons. The number of imidazole rings is 1. The molecule has 0 aliphatic carbocycles. The Hall–Kier alpha value is -1.23. The number of hydrogen-bond acceptors (Lipinski definition) is 3. The molecule has 14 heavy (non-hydrogen) atoms. The van der Waals surface area contributed by atoms with Crippen molar-refractivity contribution in [3.63, 3.8) is 0 Å². The van der Waals surface area contributed by atoms with Crippen LogP contribution < -0.4 is 10.5 Å². The van der Waals surface area contributed by atoms with Crippen molar-refractivity contribution in [1.82, 2.24) is 9.97 Å². The molecule has 0 aliphatic rings. The number of nitrogens with one attached hydrogen (secondary N) is 1. The molecule has 1 aromatic heterocycles. The van der Waals surface area contributed by atoms with E-state index in [4.69, 9.17) is 10.5 Å². The lowest BCUT2D eigenvalue weighted by Crippen LogP contribution is -1.92. The summed E-state index contributed by atoms with van der Waals surface area (Å²) < 4.78 is 6.17. The molecule has 0 saturated heterocycles. The van der Waals surface area contributed by atoms with Crippen LogP contribution in [0.4, 0.5) is 5.69 Å². The third kappa shape index (κ3) is 1.55. The van der Waals surface area contributed by atoms with Gasteiger partial charge in [-0.15, -0.1) is 0 Å². The number of benzene rings is 1. The molecule has 4 nitrogen and oxygen atoms in total. The number of anilines is 1. The largest absolute Gasteiger partial charge is 0.465 e. The number of rotatable bonds is 2. The van der Waals surface area contributed by atoms with Gasteiger partial charge in [-0.25, -0.2) is 0 Å². The van der Waals surface area contributed by atoms with Gasteiger partial charge in [-0.1, -0.05) is 15.9 Å². The van der Waals surface area contributed by atoms with Crippen LogP contribution >= 0.6 is 15.9 Å². The number of H-pyrrole nitrogens is 1. The topological polar surface area (TPSA) is 63.9 Å². The molecule has 0 fully saturated rings. The highest BCUT2D eigenvalue weighted by molar-refractivity contribution is 9.10. The van der Waals surface area contributed by atoms with Crippen LogP contribution in [0.25, 0.3) is 11.0 Å². The Morgan fingerprint density at radius 3 is 3.07 bits per heavy atom. The highest BCUT2D eigenvalue weighted by atomic mass is 79.9. The smallest absolute Gasteiger partial charge is 0.294 e. The Morgan fingerprint density at radius 1 is 1.57 bits per heavy atom. The fourth-order valence-electron chi connectivity index (χ4n) is 1.29. The fraction of sp³-hybridized carbons (Fsp3) is 0.222. The molecule has 2 aromatic rings. The van der Waals surface area contributed by atoms with E-state index >= 15 is 0 Å². The van der Waals surface area contributed by atoms with Gasteiger partial charge in [-0.05, 0) is 19.1 Å². The second-order valence-corrected chi connectivity index (χ2v) is 3.78. The molecule has 0 spiro atoms. The minimum atomic E-state index is 0.507. The summed E-state index contributed by atoms with van der Waals surface area (Å²) in [6.45, 7) is 2.49. The molecule has 0 bridgehead atoms. The average Bonchev–Trinajstić information content (AvgIpc) is 2.48. The van der Waals surface area contributed by atoms with Gasteiger partial charge in [0.15, 0.2) is 0 Å². The summed E-state index contributed by atoms with van der Waals surface area (Å²) in [7, 11) is 0. The van der Waals surface area contributed by atoms with E-state index in [2.05, 4.69) is 25.9 Å². The van der Waals surface area contributed by atoms with Crippen LogP contribution in [-0.2, 0) is 0 Å². The van der Waals surface area contributed by atoms with Gasteiger partial charge in [0.1, 0.15) is 5.52 Å². The van der Waals surface area contributed by atoms with E-state index in [0.29, 0.717) is 18.3 Å². The molecule has 5 heteroatoms. The quantitative estimate of drug-likeness (QED) is 0.810. The van der Waals surface area contributed by atoms with Gasteiger partial charge in [-0.2, -0.15) is 4.98 Å². The summed E-state index contributed by atoms with van der Waals surface area (Å²) in [5.74, 6) is 0. The zero-order valence-electron chi connectivity index (χ0n) is 7.67. The number of nitrogen functional groups attached to an aromatic ring is 1. The van der Waals surface area contributed by atoms with Gasteiger partial charge in [0.25, 0.3) is 6.01 Å². The van der Waals surface area contributed by atoms with Crippen molar-refractivity contribution in [1.29, 1.82) is 0 Å². The molecule has 0 amide bonds. The lowest BCUT2D eigenvalue weighted by Gasteiger charge is -1.94. The lowest BCUT2D eigenvalue weighted by atomic mass is 10.3. The number of hydrogen-bond donors (Lipinski definition) is 2. The summed E-state index contributed by atoms with van der Waals surface area (Å²) in [4.78, 5) is 7.25. The molecule has 0 aliphatic heterocycles. The SMILES string of the molecule is CCOc1nc2c(N)cc(Br)cc2[nH]1. The number of aromatic amines is 1. The van der Waals surface area contributed by atoms with Gasteiger partial charge < -0.3 is 15.5 Å². The maximum absolute atomic E-state index is 5.80. The van der Waals surface area contributed by atoms with Crippen molar-refractivity contribution >= 4 is 32.7 Å². The summed E-state index contributed by atoms with van der Waals surface area (Å²) in [5.41, 5.74) is 8.06. The van der Waals surface area contributed by atoms with Crippen molar-refractivity contribution in [3.8, 4) is 6.01 Å². The van der Waals surface area contributed by atoms with Crippen molar-refractivity contribution in [2.24, 2.45) is 0 Å². The Bertz CT molecular complexity index is 466. The van der Waals surface area contributed by atoms with Crippen molar-refractivity contribution in [2.45, 2.75) is 6.92 Å². The highest BCUT2D eigenvalue weighted by Gasteiger charge is 2.06. The lowest BCUT2D eigenvalue weighted by molar-refractivity contribution is 0.317. The average molecular weight is 256 g/mol. The predicted molar refractivity (Wildman–Crippen MR) is 59.4 cm³/mol. The van der Waals surface area contributed by atoms with Gasteiger partial charge in [0.05, 0.1) is 17.8 Å². The standard InChI is InChI=1S/C9H10BrN3O/c1-2-14-9-12-7-4-5(10)3-6(11)8(7)13-9/h3-4H,2,11H2,1H3,(H,12,13). The Balaban J connectivity index is 2.58. The fourth-order valence-corrected chi connectivity index (χ4v) is 1.77. The predicted octanol–water partition coefficient (Wildman–Crippen LogP) is 2.31. The Morgan fingerprint density at radius 2 is 2.36 bits per heavy atom. The maximum atomic E-state index is 5.80.